The summed E-state index contributed by atoms with van der Waals surface area (Å²) in [6.07, 6.45) is 0. The number of amides is 1. The van der Waals surface area contributed by atoms with Gasteiger partial charge in [0.1, 0.15) is 18.1 Å². The van der Waals surface area contributed by atoms with Crippen LogP contribution in [0.25, 0.3) is 0 Å². The molecule has 138 valence electrons. The lowest BCUT2D eigenvalue weighted by Crippen LogP contribution is -2.20. The Morgan fingerprint density at radius 3 is 2.30 bits per heavy atom. The number of halogens is 1. The molecule has 27 heavy (non-hydrogen) atoms. The predicted octanol–water partition coefficient (Wildman–Crippen LogP) is 5.24. The quantitative estimate of drug-likeness (QED) is 0.608. The van der Waals surface area contributed by atoms with Crippen molar-refractivity contribution < 1.29 is 14.3 Å². The van der Waals surface area contributed by atoms with Gasteiger partial charge in [-0.2, -0.15) is 0 Å². The van der Waals surface area contributed by atoms with Gasteiger partial charge >= 0.3 is 0 Å². The van der Waals surface area contributed by atoms with Crippen molar-refractivity contribution in [1.82, 2.24) is 0 Å². The minimum Gasteiger partial charge on any atom is -0.489 e. The van der Waals surface area contributed by atoms with Gasteiger partial charge in [-0.25, -0.2) is 0 Å². The van der Waals surface area contributed by atoms with Gasteiger partial charge in [0.15, 0.2) is 6.61 Å². The highest BCUT2D eigenvalue weighted by Crippen LogP contribution is 2.21. The molecule has 0 aromatic heterocycles. The first-order valence-corrected chi connectivity index (χ1v) is 8.93. The monoisotopic (exact) mass is 381 g/mol. The fourth-order valence-electron chi connectivity index (χ4n) is 2.44. The summed E-state index contributed by atoms with van der Waals surface area (Å²) < 4.78 is 11.3. The van der Waals surface area contributed by atoms with Crippen molar-refractivity contribution >= 4 is 23.2 Å². The molecular formula is C22H20ClNO3. The van der Waals surface area contributed by atoms with Gasteiger partial charge < -0.3 is 14.8 Å². The van der Waals surface area contributed by atoms with Crippen molar-refractivity contribution in [2.24, 2.45) is 0 Å². The van der Waals surface area contributed by atoms with E-state index in [4.69, 9.17) is 21.1 Å². The molecule has 5 heteroatoms. The van der Waals surface area contributed by atoms with Crippen LogP contribution < -0.4 is 14.8 Å². The third-order valence-corrected chi connectivity index (χ3v) is 4.15. The summed E-state index contributed by atoms with van der Waals surface area (Å²) in [5.41, 5.74) is 2.72. The van der Waals surface area contributed by atoms with Crippen LogP contribution in [0.1, 0.15) is 11.1 Å². The molecule has 0 spiro atoms. The van der Waals surface area contributed by atoms with Crippen molar-refractivity contribution in [3.05, 3.63) is 88.9 Å². The molecule has 0 fully saturated rings. The molecule has 0 aliphatic heterocycles. The average molecular weight is 382 g/mol. The lowest BCUT2D eigenvalue weighted by molar-refractivity contribution is -0.118. The molecule has 3 aromatic rings. The number of anilines is 1. The van der Waals surface area contributed by atoms with E-state index in [-0.39, 0.29) is 12.5 Å². The zero-order chi connectivity index (χ0) is 19.1. The number of rotatable bonds is 7. The lowest BCUT2D eigenvalue weighted by Gasteiger charge is -2.11. The molecular weight excluding hydrogens is 362 g/mol. The van der Waals surface area contributed by atoms with Gasteiger partial charge in [-0.15, -0.1) is 0 Å². The van der Waals surface area contributed by atoms with E-state index in [1.165, 1.54) is 0 Å². The van der Waals surface area contributed by atoms with Crippen LogP contribution in [0, 0.1) is 6.92 Å². The summed E-state index contributed by atoms with van der Waals surface area (Å²) in [6.45, 7) is 2.32. The molecule has 1 amide bonds. The number of nitrogens with one attached hydrogen (secondary N) is 1. The van der Waals surface area contributed by atoms with Gasteiger partial charge in [0.2, 0.25) is 0 Å². The Bertz CT molecular complexity index is 895. The van der Waals surface area contributed by atoms with Crippen LogP contribution in [0.15, 0.2) is 72.8 Å². The molecule has 3 rings (SSSR count). The Morgan fingerprint density at radius 1 is 0.926 bits per heavy atom. The first-order chi connectivity index (χ1) is 13.1. The first kappa shape index (κ1) is 18.8. The Morgan fingerprint density at radius 2 is 1.59 bits per heavy atom. The van der Waals surface area contributed by atoms with Crippen molar-refractivity contribution in [2.45, 2.75) is 13.5 Å². The number of ether oxygens (including phenoxy) is 2. The second-order valence-corrected chi connectivity index (χ2v) is 6.48. The van der Waals surface area contributed by atoms with E-state index in [0.29, 0.717) is 23.1 Å². The van der Waals surface area contributed by atoms with Crippen molar-refractivity contribution in [2.75, 3.05) is 11.9 Å². The molecule has 0 heterocycles. The van der Waals surface area contributed by atoms with Gasteiger partial charge in [-0.1, -0.05) is 48.0 Å². The summed E-state index contributed by atoms with van der Waals surface area (Å²) >= 11 is 5.96. The fraction of sp³-hybridized carbons (Fsp3) is 0.136. The van der Waals surface area contributed by atoms with Crippen molar-refractivity contribution in [3.8, 4) is 11.5 Å². The summed E-state index contributed by atoms with van der Waals surface area (Å²) in [6, 6.07) is 22.5. The van der Waals surface area contributed by atoms with Crippen LogP contribution in [-0.2, 0) is 11.4 Å². The highest BCUT2D eigenvalue weighted by atomic mass is 35.5. The van der Waals surface area contributed by atoms with E-state index >= 15 is 0 Å². The van der Waals surface area contributed by atoms with Crippen LogP contribution in [0.2, 0.25) is 5.02 Å². The zero-order valence-corrected chi connectivity index (χ0v) is 15.7. The Kier molecular flexibility index (Phi) is 6.34. The maximum absolute atomic E-state index is 12.1. The minimum absolute atomic E-state index is 0.0871. The maximum atomic E-state index is 12.1. The molecule has 1 N–H and O–H groups in total. The Hall–Kier alpha value is -2.98. The average Bonchev–Trinajstić information content (AvgIpc) is 2.69. The summed E-state index contributed by atoms with van der Waals surface area (Å²) in [5.74, 6) is 1.09. The van der Waals surface area contributed by atoms with Crippen LogP contribution in [0.5, 0.6) is 11.5 Å². The number of hydrogen-bond donors (Lipinski definition) is 1. The molecule has 0 aliphatic carbocycles. The van der Waals surface area contributed by atoms with E-state index in [2.05, 4.69) is 5.32 Å². The van der Waals surface area contributed by atoms with Gasteiger partial charge in [-0.3, -0.25) is 4.79 Å². The number of aryl methyl sites for hydroxylation is 1. The predicted molar refractivity (Wildman–Crippen MR) is 108 cm³/mol. The third-order valence-electron chi connectivity index (χ3n) is 3.92. The molecule has 4 nitrogen and oxygen atoms in total. The fourth-order valence-corrected chi connectivity index (χ4v) is 2.61. The van der Waals surface area contributed by atoms with Crippen LogP contribution in [0.3, 0.4) is 0 Å². The molecule has 0 saturated carbocycles. The molecule has 0 atom stereocenters. The maximum Gasteiger partial charge on any atom is 0.262 e. The van der Waals surface area contributed by atoms with E-state index in [1.54, 1.807) is 24.3 Å². The molecule has 0 unspecified atom stereocenters. The van der Waals surface area contributed by atoms with Crippen molar-refractivity contribution in [3.63, 3.8) is 0 Å². The number of hydrogen-bond acceptors (Lipinski definition) is 3. The number of benzene rings is 3. The number of carbonyl (C=O) groups is 1. The van der Waals surface area contributed by atoms with Crippen LogP contribution in [-0.4, -0.2) is 12.5 Å². The first-order valence-electron chi connectivity index (χ1n) is 8.56. The van der Waals surface area contributed by atoms with E-state index in [0.717, 1.165) is 16.9 Å². The highest BCUT2D eigenvalue weighted by molar-refractivity contribution is 6.31. The lowest BCUT2D eigenvalue weighted by atomic mass is 10.2. The zero-order valence-electron chi connectivity index (χ0n) is 14.9. The largest absolute Gasteiger partial charge is 0.489 e. The van der Waals surface area contributed by atoms with Gasteiger partial charge in [0, 0.05) is 10.7 Å². The van der Waals surface area contributed by atoms with Crippen LogP contribution >= 0.6 is 11.6 Å². The molecule has 0 aliphatic rings. The smallest absolute Gasteiger partial charge is 0.262 e. The summed E-state index contributed by atoms with van der Waals surface area (Å²) in [4.78, 5) is 12.1. The van der Waals surface area contributed by atoms with Gasteiger partial charge in [-0.05, 0) is 54.4 Å². The molecule has 0 bridgehead atoms. The third kappa shape index (κ3) is 5.76. The molecule has 0 radical (unpaired) electrons. The van der Waals surface area contributed by atoms with Gasteiger partial charge in [0.05, 0.1) is 0 Å². The Labute approximate surface area is 163 Å². The standard InChI is InChI=1S/C22H20ClNO3/c1-16-7-8-18(23)13-21(16)24-22(25)15-27-20-11-9-19(10-12-20)26-14-17-5-3-2-4-6-17/h2-13H,14-15H2,1H3,(H,24,25). The topological polar surface area (TPSA) is 47.6 Å². The molecule has 0 saturated heterocycles. The highest BCUT2D eigenvalue weighted by Gasteiger charge is 2.07. The Balaban J connectivity index is 1.48. The van der Waals surface area contributed by atoms with Crippen LogP contribution in [0.4, 0.5) is 5.69 Å². The second kappa shape index (κ2) is 9.10. The van der Waals surface area contributed by atoms with E-state index < -0.39 is 0 Å². The second-order valence-electron chi connectivity index (χ2n) is 6.04. The van der Waals surface area contributed by atoms with Crippen molar-refractivity contribution in [1.29, 1.82) is 0 Å². The summed E-state index contributed by atoms with van der Waals surface area (Å²) in [7, 11) is 0. The minimum atomic E-state index is -0.246. The van der Waals surface area contributed by atoms with E-state index in [1.807, 2.05) is 55.5 Å². The summed E-state index contributed by atoms with van der Waals surface area (Å²) in [5, 5.41) is 3.37. The van der Waals surface area contributed by atoms with Gasteiger partial charge in [0.25, 0.3) is 5.91 Å². The molecule has 3 aromatic carbocycles. The SMILES string of the molecule is Cc1ccc(Cl)cc1NC(=O)COc1ccc(OCc2ccccc2)cc1. The number of carbonyl (C=O) groups excluding carboxylic acids is 1. The van der Waals surface area contributed by atoms with E-state index in [9.17, 15) is 4.79 Å². The normalized spacial score (nSPS) is 10.3.